The highest BCUT2D eigenvalue weighted by molar-refractivity contribution is 9.10. The molecule has 3 heteroatoms. The second-order valence-electron chi connectivity index (χ2n) is 3.89. The number of hydrogen-bond donors (Lipinski definition) is 0. The van der Waals surface area contributed by atoms with Gasteiger partial charge in [-0.15, -0.1) is 0 Å². The van der Waals surface area contributed by atoms with Gasteiger partial charge in [-0.2, -0.15) is 0 Å². The summed E-state index contributed by atoms with van der Waals surface area (Å²) in [5, 5.41) is 0. The number of carbonyl (C=O) groups excluding carboxylic acids is 1. The third kappa shape index (κ3) is 2.40. The van der Waals surface area contributed by atoms with Crippen LogP contribution in [0.4, 0.5) is 0 Å². The molecule has 15 heavy (non-hydrogen) atoms. The molecule has 2 nitrogen and oxygen atoms in total. The molecule has 0 radical (unpaired) electrons. The Kier molecular flexibility index (Phi) is 3.10. The molecule has 0 bridgehead atoms. The molecule has 1 fully saturated rings. The SMILES string of the molecule is COC(=O)[C@@H](c1ccc(Br)cc1)C1CC1. The Hall–Kier alpha value is -0.830. The maximum atomic E-state index is 11.6. The molecular weight excluding hydrogens is 256 g/mol. The van der Waals surface area contributed by atoms with Gasteiger partial charge in [-0.3, -0.25) is 4.79 Å². The molecule has 80 valence electrons. The van der Waals surface area contributed by atoms with Crippen LogP contribution in [0.25, 0.3) is 0 Å². The summed E-state index contributed by atoms with van der Waals surface area (Å²) in [4.78, 5) is 11.6. The number of benzene rings is 1. The first-order valence-corrected chi connectivity index (χ1v) is 5.85. The van der Waals surface area contributed by atoms with E-state index in [0.717, 1.165) is 22.9 Å². The first-order valence-electron chi connectivity index (χ1n) is 5.05. The monoisotopic (exact) mass is 268 g/mol. The van der Waals surface area contributed by atoms with Gasteiger partial charge in [0.1, 0.15) is 0 Å². The van der Waals surface area contributed by atoms with E-state index in [2.05, 4.69) is 15.9 Å². The average molecular weight is 269 g/mol. The van der Waals surface area contributed by atoms with Crippen LogP contribution < -0.4 is 0 Å². The van der Waals surface area contributed by atoms with Gasteiger partial charge in [0.25, 0.3) is 0 Å². The van der Waals surface area contributed by atoms with Crippen molar-refractivity contribution in [1.29, 1.82) is 0 Å². The van der Waals surface area contributed by atoms with Crippen molar-refractivity contribution in [3.8, 4) is 0 Å². The molecule has 1 aliphatic carbocycles. The van der Waals surface area contributed by atoms with Crippen molar-refractivity contribution in [2.45, 2.75) is 18.8 Å². The number of hydrogen-bond acceptors (Lipinski definition) is 2. The zero-order valence-electron chi connectivity index (χ0n) is 8.57. The van der Waals surface area contributed by atoms with Gasteiger partial charge in [0.2, 0.25) is 0 Å². The molecule has 0 unspecified atom stereocenters. The van der Waals surface area contributed by atoms with Gasteiger partial charge in [0.05, 0.1) is 13.0 Å². The van der Waals surface area contributed by atoms with Crippen LogP contribution in [0.5, 0.6) is 0 Å². The predicted molar refractivity (Wildman–Crippen MR) is 61.6 cm³/mol. The Bertz CT molecular complexity index is 354. The fourth-order valence-corrected chi connectivity index (χ4v) is 2.09. The van der Waals surface area contributed by atoms with Gasteiger partial charge < -0.3 is 4.74 Å². The van der Waals surface area contributed by atoms with Crippen LogP contribution in [-0.4, -0.2) is 13.1 Å². The lowest BCUT2D eigenvalue weighted by Gasteiger charge is -2.13. The van der Waals surface area contributed by atoms with E-state index in [1.165, 1.54) is 7.11 Å². The van der Waals surface area contributed by atoms with Crippen molar-refractivity contribution >= 4 is 21.9 Å². The minimum atomic E-state index is -0.111. The van der Waals surface area contributed by atoms with Crippen LogP contribution in [-0.2, 0) is 9.53 Å². The third-order valence-corrected chi connectivity index (χ3v) is 3.31. The molecule has 0 aromatic heterocycles. The summed E-state index contributed by atoms with van der Waals surface area (Å²) in [6.07, 6.45) is 2.27. The summed E-state index contributed by atoms with van der Waals surface area (Å²) < 4.78 is 5.88. The van der Waals surface area contributed by atoms with E-state index in [4.69, 9.17) is 4.74 Å². The second kappa shape index (κ2) is 4.35. The zero-order valence-corrected chi connectivity index (χ0v) is 10.2. The maximum Gasteiger partial charge on any atom is 0.313 e. The second-order valence-corrected chi connectivity index (χ2v) is 4.81. The molecule has 1 aliphatic rings. The number of carbonyl (C=O) groups is 1. The smallest absolute Gasteiger partial charge is 0.313 e. The molecule has 0 heterocycles. The van der Waals surface area contributed by atoms with E-state index >= 15 is 0 Å². The molecule has 1 aromatic carbocycles. The van der Waals surface area contributed by atoms with E-state index in [9.17, 15) is 4.79 Å². The maximum absolute atomic E-state index is 11.6. The van der Waals surface area contributed by atoms with E-state index in [-0.39, 0.29) is 11.9 Å². The number of halogens is 1. The molecule has 2 rings (SSSR count). The first kappa shape index (κ1) is 10.7. The summed E-state index contributed by atoms with van der Waals surface area (Å²) in [6.45, 7) is 0. The lowest BCUT2D eigenvalue weighted by molar-refractivity contribution is -0.143. The van der Waals surface area contributed by atoms with Crippen molar-refractivity contribution in [2.75, 3.05) is 7.11 Å². The van der Waals surface area contributed by atoms with Gasteiger partial charge in [-0.1, -0.05) is 28.1 Å². The van der Waals surface area contributed by atoms with Crippen LogP contribution in [0.3, 0.4) is 0 Å². The highest BCUT2D eigenvalue weighted by atomic mass is 79.9. The standard InChI is InChI=1S/C12H13BrO2/c1-15-12(14)11(8-2-3-8)9-4-6-10(13)7-5-9/h4-8,11H,2-3H2,1H3/t11-/m1/s1. The largest absolute Gasteiger partial charge is 0.469 e. The lowest BCUT2D eigenvalue weighted by Crippen LogP contribution is -2.16. The van der Waals surface area contributed by atoms with Crippen molar-refractivity contribution in [3.05, 3.63) is 34.3 Å². The van der Waals surface area contributed by atoms with Crippen LogP contribution in [0, 0.1) is 5.92 Å². The van der Waals surface area contributed by atoms with Gasteiger partial charge in [0, 0.05) is 4.47 Å². The number of esters is 1. The molecule has 0 saturated heterocycles. The van der Waals surface area contributed by atoms with Crippen LogP contribution >= 0.6 is 15.9 Å². The number of methoxy groups -OCH3 is 1. The topological polar surface area (TPSA) is 26.3 Å². The van der Waals surface area contributed by atoms with Gasteiger partial charge in [-0.25, -0.2) is 0 Å². The van der Waals surface area contributed by atoms with Crippen molar-refractivity contribution in [2.24, 2.45) is 5.92 Å². The highest BCUT2D eigenvalue weighted by Gasteiger charge is 2.37. The molecule has 0 aliphatic heterocycles. The average Bonchev–Trinajstić information content (AvgIpc) is 3.05. The van der Waals surface area contributed by atoms with E-state index in [1.54, 1.807) is 0 Å². The van der Waals surface area contributed by atoms with Crippen LogP contribution in [0.1, 0.15) is 24.3 Å². The van der Waals surface area contributed by atoms with Crippen LogP contribution in [0.15, 0.2) is 28.7 Å². The minimum Gasteiger partial charge on any atom is -0.469 e. The molecule has 1 aromatic rings. The minimum absolute atomic E-state index is 0.0666. The molecule has 1 saturated carbocycles. The Morgan fingerprint density at radius 1 is 1.40 bits per heavy atom. The highest BCUT2D eigenvalue weighted by Crippen LogP contribution is 2.43. The molecular formula is C12H13BrO2. The summed E-state index contributed by atoms with van der Waals surface area (Å²) in [5.74, 6) is 0.307. The Balaban J connectivity index is 2.24. The molecule has 0 N–H and O–H groups in total. The Morgan fingerprint density at radius 2 is 2.00 bits per heavy atom. The van der Waals surface area contributed by atoms with Crippen molar-refractivity contribution in [3.63, 3.8) is 0 Å². The summed E-state index contributed by atoms with van der Waals surface area (Å²) in [7, 11) is 1.45. The number of ether oxygens (including phenoxy) is 1. The fraction of sp³-hybridized carbons (Fsp3) is 0.417. The first-order chi connectivity index (χ1) is 7.22. The van der Waals surface area contributed by atoms with Crippen LogP contribution in [0.2, 0.25) is 0 Å². The summed E-state index contributed by atoms with van der Waals surface area (Å²) in [6, 6.07) is 7.91. The quantitative estimate of drug-likeness (QED) is 0.788. The normalized spacial score (nSPS) is 17.2. The number of rotatable bonds is 3. The van der Waals surface area contributed by atoms with E-state index < -0.39 is 0 Å². The zero-order chi connectivity index (χ0) is 10.8. The predicted octanol–water partition coefficient (Wildman–Crippen LogP) is 3.12. The van der Waals surface area contributed by atoms with E-state index in [0.29, 0.717) is 5.92 Å². The van der Waals surface area contributed by atoms with Gasteiger partial charge in [-0.05, 0) is 36.5 Å². The molecule has 0 amide bonds. The van der Waals surface area contributed by atoms with Crippen molar-refractivity contribution < 1.29 is 9.53 Å². The Morgan fingerprint density at radius 3 is 2.47 bits per heavy atom. The van der Waals surface area contributed by atoms with Crippen molar-refractivity contribution in [1.82, 2.24) is 0 Å². The fourth-order valence-electron chi connectivity index (χ4n) is 1.83. The summed E-state index contributed by atoms with van der Waals surface area (Å²) >= 11 is 3.39. The Labute approximate surface area is 97.8 Å². The van der Waals surface area contributed by atoms with Gasteiger partial charge in [0.15, 0.2) is 0 Å². The van der Waals surface area contributed by atoms with E-state index in [1.807, 2.05) is 24.3 Å². The third-order valence-electron chi connectivity index (χ3n) is 2.78. The van der Waals surface area contributed by atoms with Gasteiger partial charge >= 0.3 is 5.97 Å². The molecule has 0 spiro atoms. The molecule has 1 atom stereocenters. The lowest BCUT2D eigenvalue weighted by atomic mass is 9.94. The summed E-state index contributed by atoms with van der Waals surface area (Å²) in [5.41, 5.74) is 1.06.